The van der Waals surface area contributed by atoms with E-state index in [0.717, 1.165) is 6.26 Å². The van der Waals surface area contributed by atoms with Crippen molar-refractivity contribution in [1.82, 2.24) is 4.72 Å². The third-order valence-electron chi connectivity index (χ3n) is 2.38. The van der Waals surface area contributed by atoms with Gasteiger partial charge in [-0.25, -0.2) is 21.6 Å². The summed E-state index contributed by atoms with van der Waals surface area (Å²) in [7, 11) is -5.24. The maximum absolute atomic E-state index is 11.6. The molecule has 8 heteroatoms. The van der Waals surface area contributed by atoms with Crippen molar-refractivity contribution in [3.63, 3.8) is 0 Å². The van der Waals surface area contributed by atoms with Gasteiger partial charge in [0.25, 0.3) is 0 Å². The van der Waals surface area contributed by atoms with Gasteiger partial charge in [0.2, 0.25) is 10.0 Å². The van der Waals surface area contributed by atoms with Gasteiger partial charge in [0, 0.05) is 18.0 Å². The smallest absolute Gasteiger partial charge is 0.240 e. The predicted octanol–water partition coefficient (Wildman–Crippen LogP) is 0.440. The highest BCUT2D eigenvalue weighted by molar-refractivity contribution is 7.90. The molecule has 6 nitrogen and oxygen atoms in total. The molecule has 0 saturated carbocycles. The van der Waals surface area contributed by atoms with Crippen LogP contribution in [0.5, 0.6) is 0 Å². The molecule has 1 atom stereocenters. The summed E-state index contributed by atoms with van der Waals surface area (Å²) < 4.78 is 47.8. The zero-order valence-electron chi connectivity index (χ0n) is 11.0. The Kier molecular flexibility index (Phi) is 4.94. The lowest BCUT2D eigenvalue weighted by Gasteiger charge is -2.15. The van der Waals surface area contributed by atoms with E-state index in [1.54, 1.807) is 19.1 Å². The van der Waals surface area contributed by atoms with Gasteiger partial charge in [0.1, 0.15) is 9.84 Å². The highest BCUT2D eigenvalue weighted by atomic mass is 32.2. The van der Waals surface area contributed by atoms with Crippen molar-refractivity contribution in [2.24, 2.45) is 0 Å². The normalized spacial score (nSPS) is 14.1. The van der Waals surface area contributed by atoms with Gasteiger partial charge in [-0.2, -0.15) is 0 Å². The molecule has 2 N–H and O–H groups in total. The second-order valence-electron chi connectivity index (χ2n) is 4.37. The molecule has 108 valence electrons. The lowest BCUT2D eigenvalue weighted by molar-refractivity contribution is 0.587. The van der Waals surface area contributed by atoms with Crippen LogP contribution in [0.2, 0.25) is 0 Å². The monoisotopic (exact) mass is 306 g/mol. The van der Waals surface area contributed by atoms with Crippen molar-refractivity contribution in [3.8, 4) is 0 Å². The molecule has 0 radical (unpaired) electrons. The summed E-state index contributed by atoms with van der Waals surface area (Å²) in [6.45, 7) is 1.72. The topological polar surface area (TPSA) is 92.3 Å². The van der Waals surface area contributed by atoms with Gasteiger partial charge in [-0.15, -0.1) is 0 Å². The lowest BCUT2D eigenvalue weighted by atomic mass is 10.3. The van der Waals surface area contributed by atoms with Gasteiger partial charge in [0.15, 0.2) is 0 Å². The van der Waals surface area contributed by atoms with E-state index in [1.165, 1.54) is 19.2 Å². The van der Waals surface area contributed by atoms with Crippen LogP contribution in [0.3, 0.4) is 0 Å². The first kappa shape index (κ1) is 15.9. The van der Waals surface area contributed by atoms with Gasteiger partial charge in [-0.3, -0.25) is 0 Å². The molecule has 0 spiro atoms. The maximum Gasteiger partial charge on any atom is 0.240 e. The van der Waals surface area contributed by atoms with E-state index < -0.39 is 19.9 Å². The third kappa shape index (κ3) is 5.17. The fourth-order valence-corrected chi connectivity index (χ4v) is 3.42. The zero-order chi connectivity index (χ0) is 14.7. The van der Waals surface area contributed by atoms with Crippen LogP contribution >= 0.6 is 0 Å². The second-order valence-corrected chi connectivity index (χ2v) is 8.44. The number of sulfone groups is 1. The number of benzene rings is 1. The molecular formula is C11H18N2O4S2. The molecule has 0 amide bonds. The molecule has 0 aliphatic rings. The minimum Gasteiger partial charge on any atom is -0.382 e. The average Bonchev–Trinajstić information content (AvgIpc) is 2.26. The predicted molar refractivity (Wildman–Crippen MR) is 75.5 cm³/mol. The molecule has 0 fully saturated rings. The fraction of sp³-hybridized carbons (Fsp3) is 0.455. The highest BCUT2D eigenvalue weighted by Gasteiger charge is 2.13. The number of rotatable bonds is 6. The SMILES string of the molecule is CNS(=O)(=O)c1cccc(NC(C)CS(C)(=O)=O)c1. The van der Waals surface area contributed by atoms with Crippen molar-refractivity contribution in [2.45, 2.75) is 17.9 Å². The van der Waals surface area contributed by atoms with E-state index in [1.807, 2.05) is 0 Å². The minimum atomic E-state index is -3.50. The number of sulfonamides is 1. The van der Waals surface area contributed by atoms with Crippen LogP contribution in [-0.4, -0.2) is 41.9 Å². The van der Waals surface area contributed by atoms with Crippen molar-refractivity contribution < 1.29 is 16.8 Å². The molecular weight excluding hydrogens is 288 g/mol. The molecule has 0 aliphatic heterocycles. The van der Waals surface area contributed by atoms with Crippen molar-refractivity contribution in [1.29, 1.82) is 0 Å². The summed E-state index contributed by atoms with van der Waals surface area (Å²) in [6.07, 6.45) is 1.16. The van der Waals surface area contributed by atoms with E-state index in [-0.39, 0.29) is 16.7 Å². The standard InChI is InChI=1S/C11H18N2O4S2/c1-9(8-18(3,14)15)13-10-5-4-6-11(7-10)19(16,17)12-2/h4-7,9,12-13H,8H2,1-3H3. The minimum absolute atomic E-state index is 0.0179. The largest absolute Gasteiger partial charge is 0.382 e. The molecule has 0 aliphatic carbocycles. The van der Waals surface area contributed by atoms with E-state index in [9.17, 15) is 16.8 Å². The first-order valence-electron chi connectivity index (χ1n) is 5.62. The average molecular weight is 306 g/mol. The van der Waals surface area contributed by atoms with Crippen molar-refractivity contribution >= 4 is 25.5 Å². The van der Waals surface area contributed by atoms with Crippen molar-refractivity contribution in [3.05, 3.63) is 24.3 Å². The Balaban J connectivity index is 2.90. The molecule has 0 aromatic heterocycles. The Labute approximate surface area is 114 Å². The first-order chi connectivity index (χ1) is 8.64. The van der Waals surface area contributed by atoms with Crippen LogP contribution < -0.4 is 10.0 Å². The van der Waals surface area contributed by atoms with E-state index in [0.29, 0.717) is 5.69 Å². The van der Waals surface area contributed by atoms with E-state index >= 15 is 0 Å². The first-order valence-corrected chi connectivity index (χ1v) is 9.16. The summed E-state index contributed by atoms with van der Waals surface area (Å²) >= 11 is 0. The summed E-state index contributed by atoms with van der Waals surface area (Å²) in [5, 5.41) is 2.96. The van der Waals surface area contributed by atoms with E-state index in [2.05, 4.69) is 10.0 Å². The Hall–Kier alpha value is -1.12. The van der Waals surface area contributed by atoms with Crippen LogP contribution in [-0.2, 0) is 19.9 Å². The van der Waals surface area contributed by atoms with Gasteiger partial charge < -0.3 is 5.32 Å². The van der Waals surface area contributed by atoms with Crippen LogP contribution in [0, 0.1) is 0 Å². The van der Waals surface area contributed by atoms with Crippen LogP contribution in [0.4, 0.5) is 5.69 Å². The molecule has 0 bridgehead atoms. The fourth-order valence-electron chi connectivity index (χ4n) is 1.65. The summed E-state index contributed by atoms with van der Waals surface area (Å²) in [6, 6.07) is 5.92. The van der Waals surface area contributed by atoms with Crippen LogP contribution in [0.25, 0.3) is 0 Å². The molecule has 19 heavy (non-hydrogen) atoms. The highest BCUT2D eigenvalue weighted by Crippen LogP contribution is 2.16. The van der Waals surface area contributed by atoms with Gasteiger partial charge >= 0.3 is 0 Å². The second kappa shape index (κ2) is 5.89. The molecule has 1 unspecified atom stereocenters. The number of anilines is 1. The lowest BCUT2D eigenvalue weighted by Crippen LogP contribution is -2.25. The Morgan fingerprint density at radius 1 is 1.21 bits per heavy atom. The molecule has 1 aromatic carbocycles. The Morgan fingerprint density at radius 2 is 1.84 bits per heavy atom. The summed E-state index contributed by atoms with van der Waals surface area (Å²) in [5.41, 5.74) is 0.562. The summed E-state index contributed by atoms with van der Waals surface area (Å²) in [4.78, 5) is 0.131. The number of hydrogen-bond acceptors (Lipinski definition) is 5. The quantitative estimate of drug-likeness (QED) is 0.795. The summed E-state index contributed by atoms with van der Waals surface area (Å²) in [5.74, 6) is -0.0179. The van der Waals surface area contributed by atoms with Crippen LogP contribution in [0.1, 0.15) is 6.92 Å². The van der Waals surface area contributed by atoms with Gasteiger partial charge in [0.05, 0.1) is 10.6 Å². The number of hydrogen-bond donors (Lipinski definition) is 2. The Morgan fingerprint density at radius 3 is 2.37 bits per heavy atom. The van der Waals surface area contributed by atoms with Crippen LogP contribution in [0.15, 0.2) is 29.2 Å². The number of nitrogens with one attached hydrogen (secondary N) is 2. The molecule has 1 aromatic rings. The molecule has 0 saturated heterocycles. The van der Waals surface area contributed by atoms with E-state index in [4.69, 9.17) is 0 Å². The molecule has 1 rings (SSSR count). The molecule has 0 heterocycles. The Bertz CT molecular complexity index is 638. The maximum atomic E-state index is 11.6. The van der Waals surface area contributed by atoms with Gasteiger partial charge in [-0.05, 0) is 32.2 Å². The zero-order valence-corrected chi connectivity index (χ0v) is 12.7. The third-order valence-corrected chi connectivity index (χ3v) is 4.90. The van der Waals surface area contributed by atoms with Crippen molar-refractivity contribution in [2.75, 3.05) is 24.4 Å². The van der Waals surface area contributed by atoms with Gasteiger partial charge in [-0.1, -0.05) is 6.07 Å².